The highest BCUT2D eigenvalue weighted by atomic mass is 19.1. The molecule has 1 aromatic carbocycles. The summed E-state index contributed by atoms with van der Waals surface area (Å²) >= 11 is 0. The van der Waals surface area contributed by atoms with Crippen LogP contribution in [0.1, 0.15) is 39.2 Å². The summed E-state index contributed by atoms with van der Waals surface area (Å²) in [7, 11) is 0. The van der Waals surface area contributed by atoms with E-state index in [0.717, 1.165) is 31.5 Å². The lowest BCUT2D eigenvalue weighted by Gasteiger charge is -2.22. The molecule has 1 fully saturated rings. The Kier molecular flexibility index (Phi) is 5.22. The Labute approximate surface area is 127 Å². The number of nitrogens with one attached hydrogen (secondary N) is 1. The van der Waals surface area contributed by atoms with Gasteiger partial charge in [-0.3, -0.25) is 0 Å². The van der Waals surface area contributed by atoms with Crippen molar-refractivity contribution in [3.05, 3.63) is 29.6 Å². The van der Waals surface area contributed by atoms with Gasteiger partial charge in [-0.05, 0) is 57.2 Å². The molecule has 1 atom stereocenters. The molecule has 0 bridgehead atoms. The zero-order valence-corrected chi connectivity index (χ0v) is 13.3. The van der Waals surface area contributed by atoms with Crippen molar-refractivity contribution in [1.82, 2.24) is 5.32 Å². The number of benzene rings is 1. The molecule has 2 rings (SSSR count). The third-order valence-corrected chi connectivity index (χ3v) is 4.00. The summed E-state index contributed by atoms with van der Waals surface area (Å²) in [6.07, 6.45) is 1.85. The summed E-state index contributed by atoms with van der Waals surface area (Å²) in [4.78, 5) is 2.09. The molecule has 4 heteroatoms. The van der Waals surface area contributed by atoms with Crippen LogP contribution in [0, 0.1) is 11.7 Å². The Morgan fingerprint density at radius 1 is 1.38 bits per heavy atom. The largest absolute Gasteiger partial charge is 0.396 e. The maximum Gasteiger partial charge on any atom is 0.146 e. The van der Waals surface area contributed by atoms with Gasteiger partial charge >= 0.3 is 0 Å². The van der Waals surface area contributed by atoms with E-state index in [0.29, 0.717) is 18.2 Å². The highest BCUT2D eigenvalue weighted by molar-refractivity contribution is 5.50. The van der Waals surface area contributed by atoms with Crippen molar-refractivity contribution in [2.24, 2.45) is 5.92 Å². The molecule has 0 radical (unpaired) electrons. The minimum absolute atomic E-state index is 0.0294. The van der Waals surface area contributed by atoms with Gasteiger partial charge in [-0.1, -0.05) is 6.07 Å². The van der Waals surface area contributed by atoms with Crippen molar-refractivity contribution in [3.8, 4) is 0 Å². The third kappa shape index (κ3) is 4.68. The predicted octanol–water partition coefficient (Wildman–Crippen LogP) is 2.92. The van der Waals surface area contributed by atoms with E-state index in [1.165, 1.54) is 0 Å². The minimum Gasteiger partial charge on any atom is -0.396 e. The van der Waals surface area contributed by atoms with Gasteiger partial charge in [0.1, 0.15) is 5.82 Å². The number of aliphatic hydroxyl groups excluding tert-OH is 1. The van der Waals surface area contributed by atoms with Crippen molar-refractivity contribution in [2.45, 2.75) is 45.7 Å². The van der Waals surface area contributed by atoms with Crippen LogP contribution in [0.5, 0.6) is 0 Å². The molecule has 1 unspecified atom stereocenters. The quantitative estimate of drug-likeness (QED) is 0.876. The molecule has 118 valence electrons. The highest BCUT2D eigenvalue weighted by Gasteiger charge is 2.24. The van der Waals surface area contributed by atoms with E-state index >= 15 is 0 Å². The lowest BCUT2D eigenvalue weighted by Crippen LogP contribution is -2.35. The zero-order chi connectivity index (χ0) is 15.5. The number of nitrogens with zero attached hydrogens (tertiary/aromatic N) is 1. The summed E-state index contributed by atoms with van der Waals surface area (Å²) in [5.74, 6) is 0.337. The average Bonchev–Trinajstić information content (AvgIpc) is 2.84. The summed E-state index contributed by atoms with van der Waals surface area (Å²) in [5.41, 5.74) is 1.69. The van der Waals surface area contributed by atoms with Gasteiger partial charge in [0, 0.05) is 31.8 Å². The Balaban J connectivity index is 1.99. The lowest BCUT2D eigenvalue weighted by molar-refractivity contribution is 0.263. The average molecular weight is 294 g/mol. The van der Waals surface area contributed by atoms with Crippen molar-refractivity contribution in [3.63, 3.8) is 0 Å². The molecule has 1 aromatic rings. The molecule has 0 spiro atoms. The van der Waals surface area contributed by atoms with Crippen LogP contribution in [0.4, 0.5) is 10.1 Å². The summed E-state index contributed by atoms with van der Waals surface area (Å²) < 4.78 is 14.3. The van der Waals surface area contributed by atoms with Crippen LogP contribution in [0.15, 0.2) is 18.2 Å². The molecular weight excluding hydrogens is 267 g/mol. The molecule has 1 aliphatic heterocycles. The van der Waals surface area contributed by atoms with Gasteiger partial charge in [0.2, 0.25) is 0 Å². The SMILES string of the molecule is CC(C)(C)NCc1ccc(N2CCC(CCO)C2)c(F)c1. The number of halogens is 1. The Bertz CT molecular complexity index is 470. The Hall–Kier alpha value is -1.13. The minimum atomic E-state index is -0.146. The van der Waals surface area contributed by atoms with E-state index in [2.05, 4.69) is 31.0 Å². The Morgan fingerprint density at radius 3 is 2.76 bits per heavy atom. The van der Waals surface area contributed by atoms with E-state index in [1.807, 2.05) is 12.1 Å². The van der Waals surface area contributed by atoms with Crippen molar-refractivity contribution in [1.29, 1.82) is 0 Å². The number of aliphatic hydroxyl groups is 1. The number of hydrogen-bond donors (Lipinski definition) is 2. The Morgan fingerprint density at radius 2 is 2.14 bits per heavy atom. The van der Waals surface area contributed by atoms with Crippen LogP contribution in [0.25, 0.3) is 0 Å². The van der Waals surface area contributed by atoms with Crippen LogP contribution in [-0.2, 0) is 6.54 Å². The van der Waals surface area contributed by atoms with Crippen molar-refractivity contribution < 1.29 is 9.50 Å². The molecule has 0 saturated carbocycles. The first-order valence-corrected chi connectivity index (χ1v) is 7.78. The van der Waals surface area contributed by atoms with Crippen LogP contribution >= 0.6 is 0 Å². The molecule has 3 nitrogen and oxygen atoms in total. The third-order valence-electron chi connectivity index (χ3n) is 4.00. The molecule has 1 saturated heterocycles. The first-order valence-electron chi connectivity index (χ1n) is 7.78. The van der Waals surface area contributed by atoms with Gasteiger partial charge in [-0.25, -0.2) is 4.39 Å². The number of rotatable bonds is 5. The molecule has 1 heterocycles. The fraction of sp³-hybridized carbons (Fsp3) is 0.647. The van der Waals surface area contributed by atoms with Crippen LogP contribution in [-0.4, -0.2) is 30.3 Å². The summed E-state index contributed by atoms with van der Waals surface area (Å²) in [6, 6.07) is 5.51. The normalized spacial score (nSPS) is 19.3. The van der Waals surface area contributed by atoms with Crippen LogP contribution in [0.2, 0.25) is 0 Å². The van der Waals surface area contributed by atoms with E-state index in [1.54, 1.807) is 6.07 Å². The summed E-state index contributed by atoms with van der Waals surface area (Å²) in [5, 5.41) is 12.4. The maximum absolute atomic E-state index is 14.3. The first kappa shape index (κ1) is 16.2. The van der Waals surface area contributed by atoms with Crippen LogP contribution in [0.3, 0.4) is 0 Å². The second kappa shape index (κ2) is 6.75. The summed E-state index contributed by atoms with van der Waals surface area (Å²) in [6.45, 7) is 8.92. The lowest BCUT2D eigenvalue weighted by atomic mass is 10.1. The molecule has 0 aromatic heterocycles. The molecule has 2 N–H and O–H groups in total. The molecule has 1 aliphatic rings. The standard InChI is InChI=1S/C17H27FN2O/c1-17(2,3)19-11-14-4-5-16(15(18)10-14)20-8-6-13(12-20)7-9-21/h4-5,10,13,19,21H,6-9,11-12H2,1-3H3. The zero-order valence-electron chi connectivity index (χ0n) is 13.3. The molecule has 0 aliphatic carbocycles. The van der Waals surface area contributed by atoms with Crippen molar-refractivity contribution in [2.75, 3.05) is 24.6 Å². The monoisotopic (exact) mass is 294 g/mol. The molecular formula is C17H27FN2O. The van der Waals surface area contributed by atoms with Crippen LogP contribution < -0.4 is 10.2 Å². The van der Waals surface area contributed by atoms with Gasteiger partial charge in [0.25, 0.3) is 0 Å². The number of hydrogen-bond acceptors (Lipinski definition) is 3. The fourth-order valence-electron chi connectivity index (χ4n) is 2.75. The second-order valence-corrected chi connectivity index (χ2v) is 7.00. The van der Waals surface area contributed by atoms with E-state index < -0.39 is 0 Å². The van der Waals surface area contributed by atoms with E-state index in [4.69, 9.17) is 5.11 Å². The van der Waals surface area contributed by atoms with Gasteiger partial charge < -0.3 is 15.3 Å². The smallest absolute Gasteiger partial charge is 0.146 e. The number of anilines is 1. The van der Waals surface area contributed by atoms with Gasteiger partial charge in [0.05, 0.1) is 5.69 Å². The topological polar surface area (TPSA) is 35.5 Å². The fourth-order valence-corrected chi connectivity index (χ4v) is 2.75. The van der Waals surface area contributed by atoms with Gasteiger partial charge in [0.15, 0.2) is 0 Å². The van der Waals surface area contributed by atoms with Crippen molar-refractivity contribution >= 4 is 5.69 Å². The van der Waals surface area contributed by atoms with E-state index in [-0.39, 0.29) is 18.0 Å². The second-order valence-electron chi connectivity index (χ2n) is 7.00. The maximum atomic E-state index is 14.3. The molecule has 21 heavy (non-hydrogen) atoms. The van der Waals surface area contributed by atoms with Gasteiger partial charge in [-0.15, -0.1) is 0 Å². The van der Waals surface area contributed by atoms with Gasteiger partial charge in [-0.2, -0.15) is 0 Å². The molecule has 0 amide bonds. The first-order chi connectivity index (χ1) is 9.89. The highest BCUT2D eigenvalue weighted by Crippen LogP contribution is 2.28. The van der Waals surface area contributed by atoms with E-state index in [9.17, 15) is 4.39 Å². The predicted molar refractivity (Wildman–Crippen MR) is 85.0 cm³/mol.